The fourth-order valence-corrected chi connectivity index (χ4v) is 3.02. The number of ether oxygens (including phenoxy) is 1. The Morgan fingerprint density at radius 3 is 2.54 bits per heavy atom. The molecule has 0 spiro atoms. The first kappa shape index (κ1) is 16.2. The number of nitrogens with one attached hydrogen (secondary N) is 2. The van der Waals surface area contributed by atoms with Crippen LogP contribution in [0.4, 0.5) is 5.69 Å². The second kappa shape index (κ2) is 6.42. The van der Waals surface area contributed by atoms with Gasteiger partial charge in [0.05, 0.1) is 29.4 Å². The van der Waals surface area contributed by atoms with Gasteiger partial charge in [0.15, 0.2) is 0 Å². The highest BCUT2D eigenvalue weighted by Gasteiger charge is 2.14. The van der Waals surface area contributed by atoms with Gasteiger partial charge in [0, 0.05) is 11.5 Å². The number of methoxy groups -OCH3 is 1. The number of fused-ring (bicyclic) bond motifs is 1. The Labute approximate surface area is 139 Å². The summed E-state index contributed by atoms with van der Waals surface area (Å²) in [5, 5.41) is 8.61. The van der Waals surface area contributed by atoms with Crippen LogP contribution < -0.4 is 15.0 Å². The van der Waals surface area contributed by atoms with E-state index in [9.17, 15) is 8.42 Å². The van der Waals surface area contributed by atoms with Crippen LogP contribution in [0.5, 0.6) is 5.75 Å². The van der Waals surface area contributed by atoms with Gasteiger partial charge in [-0.1, -0.05) is 17.7 Å². The van der Waals surface area contributed by atoms with Crippen molar-refractivity contribution in [2.45, 2.75) is 11.8 Å². The van der Waals surface area contributed by atoms with Gasteiger partial charge in [0.25, 0.3) is 10.0 Å². The quantitative estimate of drug-likeness (QED) is 0.690. The minimum Gasteiger partial charge on any atom is -0.497 e. The highest BCUT2D eigenvalue weighted by Crippen LogP contribution is 2.24. The highest BCUT2D eigenvalue weighted by molar-refractivity contribution is 7.89. The minimum atomic E-state index is -3.69. The predicted octanol–water partition coefficient (Wildman–Crippen LogP) is 2.25. The van der Waals surface area contributed by atoms with Gasteiger partial charge in [-0.05, 0) is 31.2 Å². The van der Waals surface area contributed by atoms with Gasteiger partial charge >= 0.3 is 0 Å². The normalized spacial score (nSPS) is 11.4. The summed E-state index contributed by atoms with van der Waals surface area (Å²) in [5.41, 5.74) is 4.77. The van der Waals surface area contributed by atoms with E-state index >= 15 is 0 Å². The summed E-state index contributed by atoms with van der Waals surface area (Å²) in [6, 6.07) is 11.9. The van der Waals surface area contributed by atoms with Gasteiger partial charge in [-0.15, -0.1) is 4.83 Å². The van der Waals surface area contributed by atoms with Crippen molar-refractivity contribution in [1.29, 1.82) is 0 Å². The van der Waals surface area contributed by atoms with E-state index < -0.39 is 10.0 Å². The van der Waals surface area contributed by atoms with Gasteiger partial charge in [0.1, 0.15) is 5.75 Å². The van der Waals surface area contributed by atoms with Crippen LogP contribution in [-0.4, -0.2) is 25.7 Å². The maximum absolute atomic E-state index is 12.3. The molecule has 0 aliphatic carbocycles. The van der Waals surface area contributed by atoms with Crippen molar-refractivity contribution in [3.8, 4) is 5.75 Å². The van der Waals surface area contributed by atoms with E-state index in [4.69, 9.17) is 4.74 Å². The summed E-state index contributed by atoms with van der Waals surface area (Å²) < 4.78 is 29.8. The molecule has 2 aromatic carbocycles. The molecule has 3 aromatic rings. The Morgan fingerprint density at radius 1 is 1.08 bits per heavy atom. The molecule has 0 atom stereocenters. The fraction of sp³-hybridized carbons (Fsp3) is 0.125. The Balaban J connectivity index is 1.86. The standard InChI is InChI=1S/C16H16N4O3S/c1-11-3-6-13(7-4-11)24(21,22)20-19-16-10-17-18-15-9-12(23-2)5-8-14(15)16/h3-10,20H,1-2H3,(H,18,19). The van der Waals surface area contributed by atoms with Gasteiger partial charge in [-0.3, -0.25) is 0 Å². The summed E-state index contributed by atoms with van der Waals surface area (Å²) in [5.74, 6) is 0.647. The number of anilines is 1. The molecular weight excluding hydrogens is 328 g/mol. The molecule has 1 heterocycles. The van der Waals surface area contributed by atoms with Crippen LogP contribution in [0.15, 0.2) is 53.6 Å². The SMILES string of the molecule is COc1ccc2c(NNS(=O)(=O)c3ccc(C)cc3)cnnc2c1. The van der Waals surface area contributed by atoms with Gasteiger partial charge in [-0.2, -0.15) is 10.2 Å². The zero-order valence-corrected chi connectivity index (χ0v) is 14.0. The summed E-state index contributed by atoms with van der Waals surface area (Å²) in [6.07, 6.45) is 1.45. The first-order chi connectivity index (χ1) is 11.5. The van der Waals surface area contributed by atoms with Crippen LogP contribution in [0, 0.1) is 6.92 Å². The van der Waals surface area contributed by atoms with E-state index in [2.05, 4.69) is 20.5 Å². The second-order valence-electron chi connectivity index (χ2n) is 5.18. The minimum absolute atomic E-state index is 0.175. The van der Waals surface area contributed by atoms with Crippen LogP contribution in [0.1, 0.15) is 5.56 Å². The lowest BCUT2D eigenvalue weighted by Gasteiger charge is -2.11. The van der Waals surface area contributed by atoms with Crippen molar-refractivity contribution >= 4 is 26.6 Å². The summed E-state index contributed by atoms with van der Waals surface area (Å²) >= 11 is 0. The molecule has 0 bridgehead atoms. The molecule has 0 aliphatic heterocycles. The van der Waals surface area contributed by atoms with Crippen molar-refractivity contribution in [1.82, 2.24) is 15.0 Å². The van der Waals surface area contributed by atoms with E-state index in [0.717, 1.165) is 10.9 Å². The van der Waals surface area contributed by atoms with Crippen molar-refractivity contribution in [2.24, 2.45) is 0 Å². The van der Waals surface area contributed by atoms with E-state index in [0.29, 0.717) is 17.0 Å². The van der Waals surface area contributed by atoms with Gasteiger partial charge in [-0.25, -0.2) is 8.42 Å². The molecule has 0 radical (unpaired) electrons. The molecule has 0 saturated carbocycles. The van der Waals surface area contributed by atoms with Crippen LogP contribution >= 0.6 is 0 Å². The van der Waals surface area contributed by atoms with Crippen LogP contribution in [-0.2, 0) is 10.0 Å². The first-order valence-corrected chi connectivity index (χ1v) is 8.62. The number of aromatic nitrogens is 2. The maximum Gasteiger partial charge on any atom is 0.257 e. The molecule has 0 aliphatic rings. The van der Waals surface area contributed by atoms with E-state index in [1.165, 1.54) is 6.20 Å². The number of hydrogen-bond donors (Lipinski definition) is 2. The monoisotopic (exact) mass is 344 g/mol. The third kappa shape index (κ3) is 3.29. The molecule has 0 saturated heterocycles. The lowest BCUT2D eigenvalue weighted by atomic mass is 10.2. The van der Waals surface area contributed by atoms with Crippen LogP contribution in [0.25, 0.3) is 10.9 Å². The highest BCUT2D eigenvalue weighted by atomic mass is 32.2. The third-order valence-electron chi connectivity index (χ3n) is 3.50. The summed E-state index contributed by atoms with van der Waals surface area (Å²) in [4.78, 5) is 2.53. The zero-order valence-electron chi connectivity index (χ0n) is 13.1. The number of hydrogen-bond acceptors (Lipinski definition) is 6. The molecular formula is C16H16N4O3S. The number of hydrazine groups is 1. The number of sulfonamides is 1. The zero-order chi connectivity index (χ0) is 17.2. The smallest absolute Gasteiger partial charge is 0.257 e. The Bertz CT molecular complexity index is 972. The molecule has 24 heavy (non-hydrogen) atoms. The number of nitrogens with zero attached hydrogens (tertiary/aromatic N) is 2. The van der Waals surface area contributed by atoms with Gasteiger partial charge in [0.2, 0.25) is 0 Å². The van der Waals surface area contributed by atoms with Gasteiger partial charge < -0.3 is 10.2 Å². The molecule has 124 valence electrons. The number of aryl methyl sites for hydroxylation is 1. The molecule has 3 rings (SSSR count). The first-order valence-electron chi connectivity index (χ1n) is 7.13. The Hall–Kier alpha value is -2.71. The molecule has 2 N–H and O–H groups in total. The van der Waals surface area contributed by atoms with Crippen molar-refractivity contribution in [3.05, 3.63) is 54.2 Å². The van der Waals surface area contributed by atoms with Crippen molar-refractivity contribution < 1.29 is 13.2 Å². The third-order valence-corrected chi connectivity index (χ3v) is 4.76. The van der Waals surface area contributed by atoms with Crippen LogP contribution in [0.3, 0.4) is 0 Å². The number of benzene rings is 2. The average Bonchev–Trinajstić information content (AvgIpc) is 2.59. The summed E-state index contributed by atoms with van der Waals surface area (Å²) in [6.45, 7) is 1.89. The van der Waals surface area contributed by atoms with Crippen molar-refractivity contribution in [2.75, 3.05) is 12.5 Å². The molecule has 8 heteroatoms. The van der Waals surface area contributed by atoms with E-state index in [1.807, 2.05) is 6.92 Å². The predicted molar refractivity (Wildman–Crippen MR) is 91.2 cm³/mol. The topological polar surface area (TPSA) is 93.2 Å². The molecule has 0 unspecified atom stereocenters. The number of rotatable bonds is 5. The molecule has 0 amide bonds. The van der Waals surface area contributed by atoms with Crippen molar-refractivity contribution in [3.63, 3.8) is 0 Å². The largest absolute Gasteiger partial charge is 0.497 e. The Kier molecular flexibility index (Phi) is 4.32. The van der Waals surface area contributed by atoms with E-state index in [1.54, 1.807) is 49.6 Å². The van der Waals surface area contributed by atoms with E-state index in [-0.39, 0.29) is 4.90 Å². The second-order valence-corrected chi connectivity index (χ2v) is 6.87. The van der Waals surface area contributed by atoms with Crippen LogP contribution in [0.2, 0.25) is 0 Å². The lowest BCUT2D eigenvalue weighted by Crippen LogP contribution is -2.29. The maximum atomic E-state index is 12.3. The average molecular weight is 344 g/mol. The molecule has 1 aromatic heterocycles. The Morgan fingerprint density at radius 2 is 1.83 bits per heavy atom. The molecule has 0 fully saturated rings. The lowest BCUT2D eigenvalue weighted by molar-refractivity contribution is 0.415. The molecule has 7 nitrogen and oxygen atoms in total. The summed E-state index contributed by atoms with van der Waals surface area (Å²) in [7, 11) is -2.13. The fourth-order valence-electron chi connectivity index (χ4n) is 2.17.